The number of aromatic nitrogens is 3. The zero-order chi connectivity index (χ0) is 20.6. The van der Waals surface area contributed by atoms with Gasteiger partial charge in [-0.05, 0) is 25.1 Å². The van der Waals surface area contributed by atoms with Crippen molar-refractivity contribution in [3.63, 3.8) is 0 Å². The number of nitrogens with two attached hydrogens (primary N) is 1. The maximum Gasteiger partial charge on any atom is 0.294 e. The highest BCUT2D eigenvalue weighted by Gasteiger charge is 2.21. The Bertz CT molecular complexity index is 1200. The van der Waals surface area contributed by atoms with E-state index in [0.29, 0.717) is 16.5 Å². The van der Waals surface area contributed by atoms with Crippen molar-refractivity contribution in [2.75, 3.05) is 5.32 Å². The molecular weight excluding hydrogens is 431 g/mol. The largest absolute Gasteiger partial charge is 0.334 e. The Kier molecular flexibility index (Phi) is 5.26. The molecule has 3 rings (SSSR count). The number of aryl methyl sites for hydroxylation is 1. The zero-order valence-electron chi connectivity index (χ0n) is 14.1. The highest BCUT2D eigenvalue weighted by atomic mass is 35.5. The molecule has 146 valence electrons. The molecule has 28 heavy (non-hydrogen) atoms. The minimum Gasteiger partial charge on any atom is -0.334 e. The van der Waals surface area contributed by atoms with E-state index in [1.807, 2.05) is 0 Å². The number of primary sulfonamides is 1. The third kappa shape index (κ3) is 4.07. The number of sulfonamides is 1. The molecule has 0 saturated carbocycles. The van der Waals surface area contributed by atoms with E-state index >= 15 is 0 Å². The fourth-order valence-corrected chi connectivity index (χ4v) is 3.39. The van der Waals surface area contributed by atoms with Gasteiger partial charge in [-0.1, -0.05) is 23.2 Å². The smallest absolute Gasteiger partial charge is 0.294 e. The second-order valence-electron chi connectivity index (χ2n) is 5.65. The van der Waals surface area contributed by atoms with E-state index in [0.717, 1.165) is 12.1 Å². The van der Waals surface area contributed by atoms with Crippen LogP contribution in [0.1, 0.15) is 5.69 Å². The molecule has 13 heteroatoms. The number of nitrogens with one attached hydrogen (secondary N) is 1. The molecule has 10 nitrogen and oxygen atoms in total. The molecule has 0 bridgehead atoms. The lowest BCUT2D eigenvalue weighted by Gasteiger charge is -2.11. The molecule has 0 fully saturated rings. The summed E-state index contributed by atoms with van der Waals surface area (Å²) in [5.41, 5.74) is 0.134. The number of hydrogen-bond acceptors (Lipinski definition) is 7. The van der Waals surface area contributed by atoms with Gasteiger partial charge < -0.3 is 5.32 Å². The number of nitro groups is 1. The Balaban J connectivity index is 2.09. The van der Waals surface area contributed by atoms with Crippen LogP contribution in [-0.2, 0) is 10.0 Å². The Morgan fingerprint density at radius 2 is 1.96 bits per heavy atom. The molecule has 2 heterocycles. The molecule has 0 aliphatic heterocycles. The maximum absolute atomic E-state index is 11.5. The molecule has 0 atom stereocenters. The Morgan fingerprint density at radius 3 is 2.57 bits per heavy atom. The summed E-state index contributed by atoms with van der Waals surface area (Å²) >= 11 is 12.0. The van der Waals surface area contributed by atoms with Gasteiger partial charge in [-0.3, -0.25) is 10.1 Å². The summed E-state index contributed by atoms with van der Waals surface area (Å²) in [7, 11) is -4.09. The normalized spacial score (nSPS) is 11.4. The van der Waals surface area contributed by atoms with Gasteiger partial charge in [0.2, 0.25) is 10.0 Å². The van der Waals surface area contributed by atoms with E-state index in [2.05, 4.69) is 15.4 Å². The molecule has 0 unspecified atom stereocenters. The lowest BCUT2D eigenvalue weighted by Crippen LogP contribution is -2.13. The molecule has 0 aliphatic carbocycles. The first kappa shape index (κ1) is 20.0. The monoisotopic (exact) mass is 442 g/mol. The number of pyridine rings is 1. The van der Waals surface area contributed by atoms with Crippen LogP contribution in [0.15, 0.2) is 41.4 Å². The number of hydrogen-bond donors (Lipinski definition) is 2. The number of rotatable bonds is 5. The second kappa shape index (κ2) is 7.36. The zero-order valence-corrected chi connectivity index (χ0v) is 16.5. The molecule has 0 amide bonds. The topological polar surface area (TPSA) is 146 Å². The minimum atomic E-state index is -4.09. The number of anilines is 2. The molecule has 2 aromatic heterocycles. The summed E-state index contributed by atoms with van der Waals surface area (Å²) in [6.45, 7) is 1.71. The van der Waals surface area contributed by atoms with Crippen molar-refractivity contribution in [1.82, 2.24) is 14.8 Å². The summed E-state index contributed by atoms with van der Waals surface area (Å²) in [5.74, 6) is 0.575. The van der Waals surface area contributed by atoms with Gasteiger partial charge in [0, 0.05) is 18.3 Å². The van der Waals surface area contributed by atoms with Crippen molar-refractivity contribution < 1.29 is 13.3 Å². The standard InChI is InChI=1S/C15H12Cl2N6O4S/c1-8-4-14(22(21-8)15-11(17)5-9(16)7-19-15)20-12-3-2-10(28(18,26)27)6-13(12)23(24)25/h2-7,20H,1H3,(H2,18,26,27). The van der Waals surface area contributed by atoms with Crippen LogP contribution in [0.2, 0.25) is 10.0 Å². The van der Waals surface area contributed by atoms with E-state index in [1.54, 1.807) is 13.0 Å². The van der Waals surface area contributed by atoms with E-state index in [4.69, 9.17) is 28.3 Å². The number of halogens is 2. The second-order valence-corrected chi connectivity index (χ2v) is 8.05. The van der Waals surface area contributed by atoms with Gasteiger partial charge in [0.1, 0.15) is 11.5 Å². The van der Waals surface area contributed by atoms with Crippen molar-refractivity contribution in [2.45, 2.75) is 11.8 Å². The first-order chi connectivity index (χ1) is 13.1. The predicted molar refractivity (Wildman–Crippen MR) is 104 cm³/mol. The van der Waals surface area contributed by atoms with Crippen molar-refractivity contribution in [3.05, 3.63) is 62.4 Å². The molecular formula is C15H12Cl2N6O4S. The average Bonchev–Trinajstić information content (AvgIpc) is 2.94. The van der Waals surface area contributed by atoms with Crippen molar-refractivity contribution in [2.24, 2.45) is 5.14 Å². The van der Waals surface area contributed by atoms with Crippen LogP contribution >= 0.6 is 23.2 Å². The van der Waals surface area contributed by atoms with E-state index in [9.17, 15) is 18.5 Å². The van der Waals surface area contributed by atoms with Gasteiger partial charge >= 0.3 is 0 Å². The SMILES string of the molecule is Cc1cc(Nc2ccc(S(N)(=O)=O)cc2[N+](=O)[O-])n(-c2ncc(Cl)cc2Cl)n1. The van der Waals surface area contributed by atoms with Crippen LogP contribution in [-0.4, -0.2) is 28.1 Å². The summed E-state index contributed by atoms with van der Waals surface area (Å²) in [6.07, 6.45) is 1.38. The van der Waals surface area contributed by atoms with Crippen molar-refractivity contribution >= 4 is 50.4 Å². The highest BCUT2D eigenvalue weighted by molar-refractivity contribution is 7.89. The van der Waals surface area contributed by atoms with E-state index in [1.165, 1.54) is 23.0 Å². The fourth-order valence-electron chi connectivity index (χ4n) is 2.40. The molecule has 1 aromatic carbocycles. The van der Waals surface area contributed by atoms with Crippen LogP contribution in [0, 0.1) is 17.0 Å². The average molecular weight is 443 g/mol. The number of benzene rings is 1. The van der Waals surface area contributed by atoms with Gasteiger partial charge in [-0.2, -0.15) is 9.78 Å². The lowest BCUT2D eigenvalue weighted by molar-refractivity contribution is -0.384. The van der Waals surface area contributed by atoms with Crippen LogP contribution in [0.25, 0.3) is 5.82 Å². The maximum atomic E-state index is 11.5. The minimum absolute atomic E-state index is 0.0311. The number of nitro benzene ring substituents is 1. The van der Waals surface area contributed by atoms with Crippen LogP contribution in [0.3, 0.4) is 0 Å². The van der Waals surface area contributed by atoms with E-state index in [-0.39, 0.29) is 21.4 Å². The predicted octanol–water partition coefficient (Wildman–Crippen LogP) is 3.18. The van der Waals surface area contributed by atoms with Crippen LogP contribution in [0.4, 0.5) is 17.2 Å². The lowest BCUT2D eigenvalue weighted by atomic mass is 10.2. The molecule has 3 aromatic rings. The molecule has 0 radical (unpaired) electrons. The number of nitrogens with zero attached hydrogens (tertiary/aromatic N) is 4. The Labute approximate surface area is 169 Å². The van der Waals surface area contributed by atoms with Gasteiger partial charge in [-0.15, -0.1) is 0 Å². The third-order valence-corrected chi connectivity index (χ3v) is 4.97. The molecule has 0 saturated heterocycles. The Morgan fingerprint density at radius 1 is 1.25 bits per heavy atom. The van der Waals surface area contributed by atoms with Gasteiger partial charge in [0.25, 0.3) is 5.69 Å². The molecule has 3 N–H and O–H groups in total. The summed E-state index contributed by atoms with van der Waals surface area (Å²) in [4.78, 5) is 14.4. The van der Waals surface area contributed by atoms with Crippen LogP contribution < -0.4 is 10.5 Å². The molecule has 0 aliphatic rings. The van der Waals surface area contributed by atoms with Crippen LogP contribution in [0.5, 0.6) is 0 Å². The first-order valence-electron chi connectivity index (χ1n) is 7.52. The summed E-state index contributed by atoms with van der Waals surface area (Å²) in [6, 6.07) is 6.37. The van der Waals surface area contributed by atoms with Gasteiger partial charge in [0.15, 0.2) is 5.82 Å². The van der Waals surface area contributed by atoms with Crippen molar-refractivity contribution in [1.29, 1.82) is 0 Å². The third-order valence-electron chi connectivity index (χ3n) is 3.58. The van der Waals surface area contributed by atoms with E-state index < -0.39 is 20.6 Å². The summed E-state index contributed by atoms with van der Waals surface area (Å²) in [5, 5.41) is 24.1. The first-order valence-corrected chi connectivity index (χ1v) is 9.83. The highest BCUT2D eigenvalue weighted by Crippen LogP contribution is 2.32. The fraction of sp³-hybridized carbons (Fsp3) is 0.0667. The van der Waals surface area contributed by atoms with Gasteiger partial charge in [-0.25, -0.2) is 18.5 Å². The summed E-state index contributed by atoms with van der Waals surface area (Å²) < 4.78 is 24.3. The Hall–Kier alpha value is -2.73. The molecule has 0 spiro atoms. The quantitative estimate of drug-likeness (QED) is 0.455. The van der Waals surface area contributed by atoms with Crippen molar-refractivity contribution in [3.8, 4) is 5.82 Å². The van der Waals surface area contributed by atoms with Gasteiger partial charge in [0.05, 0.1) is 25.6 Å².